The number of aromatic carboxylic acids is 1. The summed E-state index contributed by atoms with van der Waals surface area (Å²) >= 11 is 0. The molecule has 0 atom stereocenters. The largest absolute Gasteiger partial charge is 0.489 e. The number of aldehydes is 1. The maximum absolute atomic E-state index is 11.0. The number of benzene rings is 2. The third kappa shape index (κ3) is 3.19. The molecule has 1 N–H and O–H groups in total. The molecule has 96 valence electrons. The summed E-state index contributed by atoms with van der Waals surface area (Å²) in [4.78, 5) is 21.7. The van der Waals surface area contributed by atoms with Crippen LogP contribution >= 0.6 is 0 Å². The lowest BCUT2D eigenvalue weighted by atomic mass is 10.1. The van der Waals surface area contributed by atoms with Crippen LogP contribution in [0.5, 0.6) is 5.75 Å². The Hall–Kier alpha value is -2.62. The molecule has 0 bridgehead atoms. The molecule has 0 heterocycles. The number of carboxylic acids is 1. The molecule has 0 saturated carbocycles. The minimum absolute atomic E-state index is 0.144. The van der Waals surface area contributed by atoms with Crippen LogP contribution in [0.15, 0.2) is 48.5 Å². The molecule has 0 fully saturated rings. The number of carboxylic acid groups (broad SMARTS) is 1. The number of hydrogen-bond donors (Lipinski definition) is 1. The summed E-state index contributed by atoms with van der Waals surface area (Å²) in [7, 11) is 0. The van der Waals surface area contributed by atoms with Crippen molar-refractivity contribution in [2.24, 2.45) is 0 Å². The van der Waals surface area contributed by atoms with E-state index in [1.165, 1.54) is 6.07 Å². The molecule has 19 heavy (non-hydrogen) atoms. The number of hydrogen-bond acceptors (Lipinski definition) is 3. The fourth-order valence-corrected chi connectivity index (χ4v) is 1.69. The van der Waals surface area contributed by atoms with Gasteiger partial charge in [-0.2, -0.15) is 0 Å². The quantitative estimate of drug-likeness (QED) is 0.835. The van der Waals surface area contributed by atoms with Crippen LogP contribution in [-0.4, -0.2) is 17.4 Å². The molecule has 0 unspecified atom stereocenters. The van der Waals surface area contributed by atoms with E-state index >= 15 is 0 Å². The van der Waals surface area contributed by atoms with E-state index in [4.69, 9.17) is 9.84 Å². The minimum Gasteiger partial charge on any atom is -0.489 e. The molecule has 2 aromatic rings. The predicted octanol–water partition coefficient (Wildman–Crippen LogP) is 2.78. The highest BCUT2D eigenvalue weighted by Gasteiger charge is 2.09. The lowest BCUT2D eigenvalue weighted by Gasteiger charge is -2.08. The van der Waals surface area contributed by atoms with Gasteiger partial charge >= 0.3 is 5.97 Å². The standard InChI is InChI=1S/C15H12O4/c16-9-11-4-3-6-13(8-11)19-10-12-5-1-2-7-14(12)15(17)18/h1-9H,10H2,(H,17,18). The Bertz CT molecular complexity index is 605. The second-order valence-electron chi connectivity index (χ2n) is 3.94. The van der Waals surface area contributed by atoms with Crippen molar-refractivity contribution in [1.82, 2.24) is 0 Å². The van der Waals surface area contributed by atoms with Gasteiger partial charge in [-0.1, -0.05) is 30.3 Å². The van der Waals surface area contributed by atoms with E-state index in [1.807, 2.05) is 0 Å². The highest BCUT2D eigenvalue weighted by molar-refractivity contribution is 5.89. The first-order valence-corrected chi connectivity index (χ1v) is 5.70. The second kappa shape index (κ2) is 5.82. The molecule has 0 aliphatic rings. The zero-order valence-electron chi connectivity index (χ0n) is 10.1. The first-order chi connectivity index (χ1) is 9.20. The fraction of sp³-hybridized carbons (Fsp3) is 0.0667. The zero-order valence-corrected chi connectivity index (χ0v) is 10.1. The molecule has 0 aliphatic heterocycles. The number of carbonyl (C=O) groups excluding carboxylic acids is 1. The van der Waals surface area contributed by atoms with Crippen molar-refractivity contribution >= 4 is 12.3 Å². The normalized spacial score (nSPS) is 9.89. The average Bonchev–Trinajstić information content (AvgIpc) is 2.45. The Labute approximate surface area is 110 Å². The van der Waals surface area contributed by atoms with E-state index in [9.17, 15) is 9.59 Å². The summed E-state index contributed by atoms with van der Waals surface area (Å²) in [6, 6.07) is 13.4. The van der Waals surface area contributed by atoms with Gasteiger partial charge in [-0.25, -0.2) is 4.79 Å². The van der Waals surface area contributed by atoms with Crippen LogP contribution < -0.4 is 4.74 Å². The number of carbonyl (C=O) groups is 2. The van der Waals surface area contributed by atoms with E-state index < -0.39 is 5.97 Å². The summed E-state index contributed by atoms with van der Waals surface area (Å²) in [5, 5.41) is 9.04. The third-order valence-electron chi connectivity index (χ3n) is 2.64. The third-order valence-corrected chi connectivity index (χ3v) is 2.64. The smallest absolute Gasteiger partial charge is 0.336 e. The van der Waals surface area contributed by atoms with Gasteiger partial charge in [0.2, 0.25) is 0 Å². The molecule has 0 aromatic heterocycles. The van der Waals surface area contributed by atoms with Crippen molar-refractivity contribution in [2.45, 2.75) is 6.61 Å². The summed E-state index contributed by atoms with van der Waals surface area (Å²) in [6.45, 7) is 0.144. The Morgan fingerprint density at radius 2 is 1.95 bits per heavy atom. The van der Waals surface area contributed by atoms with Gasteiger partial charge in [0.15, 0.2) is 0 Å². The summed E-state index contributed by atoms with van der Waals surface area (Å²) in [6.07, 6.45) is 0.734. The van der Waals surface area contributed by atoms with Crippen LogP contribution in [0.1, 0.15) is 26.3 Å². The van der Waals surface area contributed by atoms with Gasteiger partial charge in [0.25, 0.3) is 0 Å². The highest BCUT2D eigenvalue weighted by Crippen LogP contribution is 2.16. The summed E-state index contributed by atoms with van der Waals surface area (Å²) < 4.78 is 5.50. The molecule has 2 aromatic carbocycles. The van der Waals surface area contributed by atoms with Crippen molar-refractivity contribution in [3.8, 4) is 5.75 Å². The zero-order chi connectivity index (χ0) is 13.7. The number of rotatable bonds is 5. The second-order valence-corrected chi connectivity index (χ2v) is 3.94. The molecule has 0 spiro atoms. The fourth-order valence-electron chi connectivity index (χ4n) is 1.69. The van der Waals surface area contributed by atoms with Crippen molar-refractivity contribution in [3.63, 3.8) is 0 Å². The topological polar surface area (TPSA) is 63.6 Å². The van der Waals surface area contributed by atoms with Crippen molar-refractivity contribution in [2.75, 3.05) is 0 Å². The first-order valence-electron chi connectivity index (χ1n) is 5.70. The van der Waals surface area contributed by atoms with Crippen LogP contribution in [0.3, 0.4) is 0 Å². The lowest BCUT2D eigenvalue weighted by Crippen LogP contribution is -2.05. The average molecular weight is 256 g/mol. The Balaban J connectivity index is 2.14. The van der Waals surface area contributed by atoms with Crippen LogP contribution in [0.25, 0.3) is 0 Å². The molecule has 0 saturated heterocycles. The molecular weight excluding hydrogens is 244 g/mol. The van der Waals surface area contributed by atoms with E-state index in [0.29, 0.717) is 16.9 Å². The van der Waals surface area contributed by atoms with Crippen molar-refractivity contribution in [1.29, 1.82) is 0 Å². The molecule has 2 rings (SSSR count). The van der Waals surface area contributed by atoms with Crippen molar-refractivity contribution < 1.29 is 19.4 Å². The summed E-state index contributed by atoms with van der Waals surface area (Å²) in [5.74, 6) is -0.453. The first kappa shape index (κ1) is 12.8. The van der Waals surface area contributed by atoms with Gasteiger partial charge in [-0.05, 0) is 18.2 Å². The van der Waals surface area contributed by atoms with Gasteiger partial charge < -0.3 is 9.84 Å². The van der Waals surface area contributed by atoms with E-state index in [1.54, 1.807) is 42.5 Å². The van der Waals surface area contributed by atoms with E-state index in [-0.39, 0.29) is 12.2 Å². The minimum atomic E-state index is -0.985. The molecule has 0 aliphatic carbocycles. The SMILES string of the molecule is O=Cc1cccc(OCc2ccccc2C(=O)O)c1. The monoisotopic (exact) mass is 256 g/mol. The van der Waals surface area contributed by atoms with Gasteiger partial charge in [-0.3, -0.25) is 4.79 Å². The van der Waals surface area contributed by atoms with Gasteiger partial charge in [0.1, 0.15) is 18.6 Å². The molecule has 0 amide bonds. The maximum Gasteiger partial charge on any atom is 0.336 e. The predicted molar refractivity (Wildman–Crippen MR) is 69.6 cm³/mol. The van der Waals surface area contributed by atoms with Gasteiger partial charge in [0, 0.05) is 11.1 Å². The van der Waals surface area contributed by atoms with Gasteiger partial charge in [0.05, 0.1) is 5.56 Å². The highest BCUT2D eigenvalue weighted by atomic mass is 16.5. The maximum atomic E-state index is 11.0. The lowest BCUT2D eigenvalue weighted by molar-refractivity contribution is 0.0694. The van der Waals surface area contributed by atoms with Crippen LogP contribution in [-0.2, 0) is 6.61 Å². The number of ether oxygens (including phenoxy) is 1. The Morgan fingerprint density at radius 1 is 1.16 bits per heavy atom. The van der Waals surface area contributed by atoms with E-state index in [0.717, 1.165) is 6.29 Å². The van der Waals surface area contributed by atoms with Gasteiger partial charge in [-0.15, -0.1) is 0 Å². The Morgan fingerprint density at radius 3 is 2.68 bits per heavy atom. The van der Waals surface area contributed by atoms with Crippen LogP contribution in [0.4, 0.5) is 0 Å². The molecular formula is C15H12O4. The van der Waals surface area contributed by atoms with Crippen LogP contribution in [0, 0.1) is 0 Å². The summed E-state index contributed by atoms with van der Waals surface area (Å²) in [5.41, 5.74) is 1.32. The van der Waals surface area contributed by atoms with Crippen molar-refractivity contribution in [3.05, 3.63) is 65.2 Å². The van der Waals surface area contributed by atoms with E-state index in [2.05, 4.69) is 0 Å². The van der Waals surface area contributed by atoms with Crippen LogP contribution in [0.2, 0.25) is 0 Å². The molecule has 4 nitrogen and oxygen atoms in total. The molecule has 0 radical (unpaired) electrons. The molecule has 4 heteroatoms. The Kier molecular flexibility index (Phi) is 3.93.